The van der Waals surface area contributed by atoms with Gasteiger partial charge in [-0.15, -0.1) is 0 Å². The molecule has 4 unspecified atom stereocenters. The van der Waals surface area contributed by atoms with Gasteiger partial charge in [0.05, 0.1) is 42.7 Å². The van der Waals surface area contributed by atoms with Crippen LogP contribution in [0.3, 0.4) is 0 Å². The van der Waals surface area contributed by atoms with E-state index in [0.29, 0.717) is 12.5 Å². The lowest BCUT2D eigenvalue weighted by molar-refractivity contribution is 0.269. The summed E-state index contributed by atoms with van der Waals surface area (Å²) in [6, 6.07) is 0.167. The van der Waals surface area contributed by atoms with Gasteiger partial charge in [0, 0.05) is 12.4 Å². The summed E-state index contributed by atoms with van der Waals surface area (Å²) < 4.78 is 0. The second kappa shape index (κ2) is 5.70. The van der Waals surface area contributed by atoms with Crippen LogP contribution in [0.5, 0.6) is 0 Å². The van der Waals surface area contributed by atoms with E-state index in [-0.39, 0.29) is 24.9 Å². The first-order valence-corrected chi connectivity index (χ1v) is 7.03. The van der Waals surface area contributed by atoms with E-state index >= 15 is 0 Å². The zero-order valence-corrected chi connectivity index (χ0v) is 11.5. The first-order chi connectivity index (χ1) is 9.76. The molecule has 20 heavy (non-hydrogen) atoms. The predicted octanol–water partition coefficient (Wildman–Crippen LogP) is -0.426. The Balaban J connectivity index is 1.58. The number of fused-ring (bicyclic) bond motifs is 1. The van der Waals surface area contributed by atoms with Crippen molar-refractivity contribution in [3.63, 3.8) is 0 Å². The molecule has 3 aliphatic rings. The van der Waals surface area contributed by atoms with Crippen molar-refractivity contribution < 1.29 is 5.11 Å². The molecule has 3 aliphatic heterocycles. The molecule has 3 heterocycles. The van der Waals surface area contributed by atoms with Gasteiger partial charge in [-0.2, -0.15) is 5.10 Å². The fourth-order valence-corrected chi connectivity index (χ4v) is 2.73. The second-order valence-electron chi connectivity index (χ2n) is 5.37. The van der Waals surface area contributed by atoms with Crippen LogP contribution in [0.2, 0.25) is 0 Å². The molecule has 0 saturated heterocycles. The molecule has 0 aromatic heterocycles. The summed E-state index contributed by atoms with van der Waals surface area (Å²) in [4.78, 5) is 13.4. The van der Waals surface area contributed by atoms with Crippen LogP contribution in [0.1, 0.15) is 19.8 Å². The zero-order chi connectivity index (χ0) is 13.9. The topological polar surface area (TPSA) is 93.7 Å². The molecular weight excluding hydrogens is 256 g/mol. The van der Waals surface area contributed by atoms with Crippen LogP contribution < -0.4 is 10.7 Å². The summed E-state index contributed by atoms with van der Waals surface area (Å²) in [5, 5.41) is 16.4. The predicted molar refractivity (Wildman–Crippen MR) is 79.8 cm³/mol. The lowest BCUT2D eigenvalue weighted by Gasteiger charge is -2.31. The van der Waals surface area contributed by atoms with Gasteiger partial charge in [-0.1, -0.05) is 0 Å². The van der Waals surface area contributed by atoms with Crippen molar-refractivity contribution in [2.24, 2.45) is 26.0 Å². The van der Waals surface area contributed by atoms with Crippen LogP contribution in [0.25, 0.3) is 0 Å². The van der Waals surface area contributed by atoms with Crippen molar-refractivity contribution in [1.82, 2.24) is 10.7 Å². The lowest BCUT2D eigenvalue weighted by Crippen LogP contribution is -2.52. The summed E-state index contributed by atoms with van der Waals surface area (Å²) in [6.07, 6.45) is 5.69. The number of aliphatic hydroxyl groups excluding tert-OH is 1. The summed E-state index contributed by atoms with van der Waals surface area (Å²) in [7, 11) is 0. The summed E-state index contributed by atoms with van der Waals surface area (Å²) in [5.74, 6) is 1.25. The highest BCUT2D eigenvalue weighted by atomic mass is 16.3. The van der Waals surface area contributed by atoms with Gasteiger partial charge < -0.3 is 10.4 Å². The maximum atomic E-state index is 9.01. The number of hydrazone groups is 1. The van der Waals surface area contributed by atoms with E-state index in [1.165, 1.54) is 0 Å². The molecule has 0 radical (unpaired) electrons. The molecule has 3 rings (SSSR count). The number of rotatable bonds is 4. The van der Waals surface area contributed by atoms with E-state index in [4.69, 9.17) is 5.11 Å². The smallest absolute Gasteiger partial charge is 0.123 e. The van der Waals surface area contributed by atoms with E-state index in [0.717, 1.165) is 24.4 Å². The maximum Gasteiger partial charge on any atom is 0.123 e. The van der Waals surface area contributed by atoms with E-state index in [9.17, 15) is 0 Å². The van der Waals surface area contributed by atoms with Crippen molar-refractivity contribution in [3.8, 4) is 0 Å². The molecule has 0 spiro atoms. The minimum absolute atomic E-state index is 0.0616. The van der Waals surface area contributed by atoms with Crippen LogP contribution >= 0.6 is 0 Å². The Morgan fingerprint density at radius 3 is 3.10 bits per heavy atom. The maximum absolute atomic E-state index is 9.01. The summed E-state index contributed by atoms with van der Waals surface area (Å²) in [6.45, 7) is 2.64. The molecule has 7 heteroatoms. The van der Waals surface area contributed by atoms with Crippen LogP contribution in [-0.4, -0.2) is 60.5 Å². The van der Waals surface area contributed by atoms with Gasteiger partial charge >= 0.3 is 0 Å². The van der Waals surface area contributed by atoms with E-state index in [2.05, 4.69) is 30.8 Å². The van der Waals surface area contributed by atoms with E-state index < -0.39 is 0 Å². The van der Waals surface area contributed by atoms with Gasteiger partial charge in [0.25, 0.3) is 0 Å². The normalized spacial score (nSPS) is 34.9. The molecule has 0 aromatic rings. The number of hydrogen-bond acceptors (Lipinski definition) is 7. The van der Waals surface area contributed by atoms with Crippen molar-refractivity contribution in [2.45, 2.75) is 38.0 Å². The number of nitrogens with one attached hydrogen (secondary N) is 2. The Hall–Kier alpha value is -1.76. The highest BCUT2D eigenvalue weighted by Crippen LogP contribution is 2.22. The molecule has 0 aromatic carbocycles. The molecule has 0 bridgehead atoms. The third kappa shape index (κ3) is 2.72. The molecule has 3 N–H and O–H groups in total. The van der Waals surface area contributed by atoms with Crippen molar-refractivity contribution in [3.05, 3.63) is 0 Å². The van der Waals surface area contributed by atoms with Crippen molar-refractivity contribution in [2.75, 3.05) is 13.2 Å². The quantitative estimate of drug-likeness (QED) is 0.650. The minimum Gasteiger partial charge on any atom is -0.394 e. The molecule has 4 atom stereocenters. The number of hydrogen-bond donors (Lipinski definition) is 3. The summed E-state index contributed by atoms with van der Waals surface area (Å²) >= 11 is 0. The molecule has 0 amide bonds. The van der Waals surface area contributed by atoms with Gasteiger partial charge in [0.1, 0.15) is 6.17 Å². The highest BCUT2D eigenvalue weighted by Gasteiger charge is 2.34. The average molecular weight is 276 g/mol. The number of amidine groups is 1. The summed E-state index contributed by atoms with van der Waals surface area (Å²) in [5.41, 5.74) is 4.06. The number of nitrogens with zero attached hydrogens (tertiary/aromatic N) is 4. The van der Waals surface area contributed by atoms with Crippen LogP contribution in [0, 0.1) is 5.92 Å². The largest absolute Gasteiger partial charge is 0.394 e. The third-order valence-corrected chi connectivity index (χ3v) is 3.86. The molecule has 108 valence electrons. The average Bonchev–Trinajstić information content (AvgIpc) is 2.93. The Kier molecular flexibility index (Phi) is 3.77. The van der Waals surface area contributed by atoms with Gasteiger partial charge in [-0.05, 0) is 19.8 Å². The monoisotopic (exact) mass is 276 g/mol. The highest BCUT2D eigenvalue weighted by molar-refractivity contribution is 6.31. The second-order valence-corrected chi connectivity index (χ2v) is 5.37. The fraction of sp³-hybridized carbons (Fsp3) is 0.692. The molecule has 0 aliphatic carbocycles. The molecule has 0 fully saturated rings. The Morgan fingerprint density at radius 2 is 2.35 bits per heavy atom. The number of aliphatic imine (C=N–C) groups is 3. The number of aliphatic hydroxyl groups is 1. The van der Waals surface area contributed by atoms with E-state index in [1.54, 1.807) is 6.21 Å². The van der Waals surface area contributed by atoms with Gasteiger partial charge in [0.2, 0.25) is 0 Å². The van der Waals surface area contributed by atoms with Gasteiger partial charge in [-0.3, -0.25) is 20.4 Å². The van der Waals surface area contributed by atoms with E-state index in [1.807, 2.05) is 13.1 Å². The standard InChI is InChI=1S/C13H20N6O/c1-8-17-12(11-6-16-19-13(11)18-8)3-2-9-4-15-10(7-20)5-14-9/h4,6,10-13,19-20H,2-3,5,7H2,1H3,(H,17,18). The van der Waals surface area contributed by atoms with Crippen LogP contribution in [-0.2, 0) is 0 Å². The van der Waals surface area contributed by atoms with Gasteiger partial charge in [0.15, 0.2) is 0 Å². The van der Waals surface area contributed by atoms with Crippen LogP contribution in [0.15, 0.2) is 20.1 Å². The first-order valence-electron chi connectivity index (χ1n) is 7.03. The minimum atomic E-state index is -0.0616. The zero-order valence-electron chi connectivity index (χ0n) is 11.5. The molecular formula is C13H20N6O. The van der Waals surface area contributed by atoms with Gasteiger partial charge in [-0.25, -0.2) is 0 Å². The van der Waals surface area contributed by atoms with Crippen LogP contribution in [0.4, 0.5) is 0 Å². The molecule has 0 saturated carbocycles. The Morgan fingerprint density at radius 1 is 1.45 bits per heavy atom. The van der Waals surface area contributed by atoms with Crippen molar-refractivity contribution >= 4 is 24.0 Å². The first kappa shape index (κ1) is 13.2. The fourth-order valence-electron chi connectivity index (χ4n) is 2.73. The third-order valence-electron chi connectivity index (χ3n) is 3.86. The Labute approximate surface area is 118 Å². The molecule has 7 nitrogen and oxygen atoms in total. The van der Waals surface area contributed by atoms with Crippen molar-refractivity contribution in [1.29, 1.82) is 0 Å². The SMILES string of the molecule is CC1=NC(CCC2=NCC(CO)N=C2)C2C=NNC2N1. The lowest BCUT2D eigenvalue weighted by atomic mass is 9.92. The Bertz CT molecular complexity index is 483.